The first kappa shape index (κ1) is 59.6. The van der Waals surface area contributed by atoms with E-state index in [1.807, 2.05) is 19.0 Å². The van der Waals surface area contributed by atoms with Crippen LogP contribution < -0.4 is 44.0 Å². The number of nitro groups is 2. The summed E-state index contributed by atoms with van der Waals surface area (Å²) in [6, 6.07) is 12.1. The van der Waals surface area contributed by atoms with Crippen LogP contribution in [0, 0.1) is 26.0 Å². The summed E-state index contributed by atoms with van der Waals surface area (Å²) in [5, 5.41) is 28.6. The molecule has 404 valence electrons. The van der Waals surface area contributed by atoms with Gasteiger partial charge in [0.25, 0.3) is 5.69 Å². The van der Waals surface area contributed by atoms with Gasteiger partial charge in [0.2, 0.25) is 17.7 Å². The molecule has 2 N–H and O–H groups in total. The number of likely N-dealkylation sites (N-methyl/N-ethyl adjacent to an activating group) is 2. The van der Waals surface area contributed by atoms with Gasteiger partial charge in [0.15, 0.2) is 11.5 Å². The van der Waals surface area contributed by atoms with E-state index in [9.17, 15) is 42.2 Å². The van der Waals surface area contributed by atoms with Crippen molar-refractivity contribution in [1.82, 2.24) is 39.7 Å². The van der Waals surface area contributed by atoms with Crippen molar-refractivity contribution in [1.29, 1.82) is 0 Å². The molecular weight excluding hydrogens is 1050 g/mol. The minimum atomic E-state index is -3.31. The Balaban J connectivity index is 0.000000291. The largest absolute Gasteiger partial charge is 0.495 e. The molecule has 6 rings (SSSR count). The number of halogens is 7. The highest BCUT2D eigenvalue weighted by molar-refractivity contribution is 6.32. The number of methoxy groups -OCH3 is 2. The van der Waals surface area contributed by atoms with Crippen LogP contribution in [-0.4, -0.2) is 132 Å². The molecule has 0 saturated heterocycles. The van der Waals surface area contributed by atoms with Gasteiger partial charge >= 0.3 is 30.9 Å². The van der Waals surface area contributed by atoms with Gasteiger partial charge in [-0.1, -0.05) is 36.5 Å². The maximum absolute atomic E-state index is 13.8. The Morgan fingerprint density at radius 2 is 1.08 bits per heavy atom. The Kier molecular flexibility index (Phi) is 23.1. The van der Waals surface area contributed by atoms with E-state index < -0.39 is 40.3 Å². The van der Waals surface area contributed by atoms with Crippen molar-refractivity contribution in [2.45, 2.75) is 33.0 Å². The van der Waals surface area contributed by atoms with E-state index in [0.717, 1.165) is 18.7 Å². The molecule has 4 aromatic carbocycles. The first-order valence-electron chi connectivity index (χ1n) is 21.8. The van der Waals surface area contributed by atoms with Gasteiger partial charge in [0.1, 0.15) is 41.3 Å². The maximum atomic E-state index is 13.8. The lowest BCUT2D eigenvalue weighted by Crippen LogP contribution is -2.29. The average Bonchev–Trinajstić information content (AvgIpc) is 3.35. The minimum Gasteiger partial charge on any atom is -0.495 e. The number of unbranched alkanes of at least 4 members (excludes halogenated alkanes) is 1. The third-order valence-corrected chi connectivity index (χ3v) is 10.1. The number of hydrogen-bond acceptors (Lipinski definition) is 21. The second-order valence-electron chi connectivity index (χ2n) is 15.5. The van der Waals surface area contributed by atoms with Gasteiger partial charge in [0.05, 0.1) is 45.5 Å². The van der Waals surface area contributed by atoms with E-state index >= 15 is 0 Å². The highest BCUT2D eigenvalue weighted by atomic mass is 35.5. The molecule has 0 aliphatic heterocycles. The van der Waals surface area contributed by atoms with Crippen LogP contribution in [0.15, 0.2) is 73.3 Å². The predicted octanol–water partition coefficient (Wildman–Crippen LogP) is 10.6. The van der Waals surface area contributed by atoms with Crippen LogP contribution in [0.5, 0.6) is 46.5 Å². The summed E-state index contributed by atoms with van der Waals surface area (Å²) in [7, 11) is 12.4. The number of nitro benzene ring substituents is 2. The molecule has 2 aromatic heterocycles. The van der Waals surface area contributed by atoms with Crippen LogP contribution in [0.1, 0.15) is 19.8 Å². The number of ether oxygens (including phenoxy) is 6. The summed E-state index contributed by atoms with van der Waals surface area (Å²) in [5.74, 6) is -1.50. The third-order valence-electron chi connectivity index (χ3n) is 9.46. The van der Waals surface area contributed by atoms with E-state index in [4.69, 9.17) is 42.1 Å². The number of aromatic nitrogens is 6. The summed E-state index contributed by atoms with van der Waals surface area (Å²) < 4.78 is 95.6. The van der Waals surface area contributed by atoms with Crippen LogP contribution in [0.2, 0.25) is 10.0 Å². The van der Waals surface area contributed by atoms with Gasteiger partial charge in [-0.3, -0.25) is 20.2 Å². The minimum absolute atomic E-state index is 0.101. The molecule has 0 bridgehead atoms. The lowest BCUT2D eigenvalue weighted by Gasteiger charge is -2.23. The van der Waals surface area contributed by atoms with Crippen LogP contribution in [-0.2, 0) is 0 Å². The zero-order chi connectivity index (χ0) is 55.4. The standard InChI is InChI=1S/C22H24ClF2N7O5.C17H11ClF3N5O5.C6H15N/c1-30(2)7-8-31(3)16-11-19(37-20(24)25)15(10-17(16)32(33)34)28-21-26-12-27-22(29-21)36-13-5-6-14(23)18(9-13)35-4;1-29-13-4-8(2-3-9(13)18)30-17-23-7-22-16(25-17)24-11-6-12(26(27)28)10(19)5-14(11)31-15(20)21;1-4-5-6-7(2)3/h5-6,9-12,20H,7-8H2,1-4H3,(H,26,27,28,29);2-7,15H,1H3,(H,22,23,24,25);4-6H2,1-3H3. The highest BCUT2D eigenvalue weighted by Gasteiger charge is 2.25. The monoisotopic (exact) mass is 1100 g/mol. The molecule has 2 heterocycles. The molecule has 30 heteroatoms. The molecule has 0 saturated carbocycles. The van der Waals surface area contributed by atoms with Crippen LogP contribution >= 0.6 is 23.2 Å². The van der Waals surface area contributed by atoms with Crippen LogP contribution in [0.4, 0.5) is 62.3 Å². The number of benzene rings is 4. The van der Waals surface area contributed by atoms with Crippen molar-refractivity contribution in [2.75, 3.05) is 84.6 Å². The van der Waals surface area contributed by atoms with Gasteiger partial charge in [-0.25, -0.2) is 9.97 Å². The number of rotatable bonds is 23. The molecule has 0 fully saturated rings. The topological polar surface area (TPSA) is 253 Å². The Morgan fingerprint density at radius 3 is 1.48 bits per heavy atom. The van der Waals surface area contributed by atoms with E-state index in [-0.39, 0.29) is 58.2 Å². The SMILES string of the molecule is CCCCN(C)C.COc1cc(Oc2ncnc(Nc3cc([N+](=O)[O-])c(F)cc3OC(F)F)n2)ccc1Cl.COc1cc(Oc2ncnc(Nc3cc([N+](=O)[O-])c(N(C)CCN(C)C)cc3OC(F)F)n2)ccc1Cl. The fourth-order valence-electron chi connectivity index (χ4n) is 5.86. The molecule has 0 spiro atoms. The molecule has 0 aliphatic rings. The Hall–Kier alpha value is -7.95. The van der Waals surface area contributed by atoms with Gasteiger partial charge in [-0.05, 0) is 65.4 Å². The van der Waals surface area contributed by atoms with Gasteiger partial charge < -0.3 is 53.8 Å². The van der Waals surface area contributed by atoms with E-state index in [1.54, 1.807) is 24.1 Å². The van der Waals surface area contributed by atoms with E-state index in [0.29, 0.717) is 52.5 Å². The van der Waals surface area contributed by atoms with E-state index in [2.05, 4.69) is 75.9 Å². The normalized spacial score (nSPS) is 10.8. The maximum Gasteiger partial charge on any atom is 0.387 e. The van der Waals surface area contributed by atoms with Gasteiger partial charge in [-0.2, -0.15) is 41.9 Å². The molecule has 0 radical (unpaired) electrons. The molecular formula is C45H50Cl2F5N13O10. The first-order chi connectivity index (χ1) is 35.6. The number of nitrogens with one attached hydrogen (secondary N) is 2. The molecule has 0 amide bonds. The van der Waals surface area contributed by atoms with Crippen molar-refractivity contribution in [3.05, 3.63) is 109 Å². The summed E-state index contributed by atoms with van der Waals surface area (Å²) in [6.07, 6.45) is 4.78. The second kappa shape index (κ2) is 29.1. The van der Waals surface area contributed by atoms with Crippen molar-refractivity contribution < 1.29 is 60.2 Å². The van der Waals surface area contributed by atoms with Crippen LogP contribution in [0.25, 0.3) is 0 Å². The molecule has 0 aliphatic carbocycles. The van der Waals surface area contributed by atoms with Crippen molar-refractivity contribution in [2.24, 2.45) is 0 Å². The van der Waals surface area contributed by atoms with Crippen molar-refractivity contribution in [3.8, 4) is 46.5 Å². The zero-order valence-corrected chi connectivity index (χ0v) is 42.8. The average molecular weight is 1100 g/mol. The molecule has 0 unspecified atom stereocenters. The molecule has 23 nitrogen and oxygen atoms in total. The summed E-state index contributed by atoms with van der Waals surface area (Å²) in [4.78, 5) is 50.2. The van der Waals surface area contributed by atoms with Crippen molar-refractivity contribution >= 4 is 63.5 Å². The van der Waals surface area contributed by atoms with E-state index in [1.165, 1.54) is 63.9 Å². The van der Waals surface area contributed by atoms with Crippen molar-refractivity contribution in [3.63, 3.8) is 0 Å². The fraction of sp³-hybridized carbons (Fsp3) is 0.333. The lowest BCUT2D eigenvalue weighted by atomic mass is 10.2. The summed E-state index contributed by atoms with van der Waals surface area (Å²) >= 11 is 12.0. The Labute approximate surface area is 435 Å². The quantitative estimate of drug-likeness (QED) is 0.0343. The Bertz CT molecular complexity index is 2850. The third kappa shape index (κ3) is 19.1. The first-order valence-corrected chi connectivity index (χ1v) is 22.5. The lowest BCUT2D eigenvalue weighted by molar-refractivity contribution is -0.387. The number of alkyl halides is 4. The van der Waals surface area contributed by atoms with Gasteiger partial charge in [0, 0.05) is 56.5 Å². The Morgan fingerprint density at radius 1 is 0.627 bits per heavy atom. The zero-order valence-electron chi connectivity index (χ0n) is 41.3. The molecule has 6 aromatic rings. The predicted molar refractivity (Wildman–Crippen MR) is 267 cm³/mol. The smallest absolute Gasteiger partial charge is 0.387 e. The fourth-order valence-corrected chi connectivity index (χ4v) is 6.25. The van der Waals surface area contributed by atoms with Crippen LogP contribution in [0.3, 0.4) is 0 Å². The second-order valence-corrected chi connectivity index (χ2v) is 16.3. The molecule has 75 heavy (non-hydrogen) atoms. The van der Waals surface area contributed by atoms with Gasteiger partial charge in [-0.15, -0.1) is 0 Å². The highest BCUT2D eigenvalue weighted by Crippen LogP contribution is 2.40. The number of nitrogens with zero attached hydrogens (tertiary/aromatic N) is 11. The summed E-state index contributed by atoms with van der Waals surface area (Å²) in [6.45, 7) is -2.07. The molecule has 0 atom stereocenters. The number of anilines is 5. The summed E-state index contributed by atoms with van der Waals surface area (Å²) in [5.41, 5.74) is -1.72. The number of hydrogen-bond donors (Lipinski definition) is 2.